The molecular formula is C27H36O12. The first kappa shape index (κ1) is 29.0. The van der Waals surface area contributed by atoms with Crippen molar-refractivity contribution in [2.24, 2.45) is 11.8 Å². The molecule has 6 N–H and O–H groups in total. The number of ether oxygens (including phenoxy) is 6. The van der Waals surface area contributed by atoms with Crippen LogP contribution in [-0.4, -0.2) is 104 Å². The molecule has 0 amide bonds. The molecule has 39 heavy (non-hydrogen) atoms. The fraction of sp³-hybridized carbons (Fsp3) is 0.556. The van der Waals surface area contributed by atoms with Crippen LogP contribution in [0.4, 0.5) is 0 Å². The van der Waals surface area contributed by atoms with Gasteiger partial charge in [0.1, 0.15) is 18.3 Å². The van der Waals surface area contributed by atoms with Crippen molar-refractivity contribution in [3.05, 3.63) is 34.9 Å². The van der Waals surface area contributed by atoms with E-state index in [9.17, 15) is 30.6 Å². The van der Waals surface area contributed by atoms with Crippen LogP contribution >= 0.6 is 0 Å². The maximum absolute atomic E-state index is 11.0. The van der Waals surface area contributed by atoms with Crippen LogP contribution in [0, 0.1) is 11.8 Å². The molecule has 0 aromatic heterocycles. The number of aliphatic hydroxyl groups is 4. The minimum Gasteiger partial charge on any atom is -0.502 e. The zero-order valence-electron chi connectivity index (χ0n) is 22.2. The molecule has 2 aliphatic rings. The number of rotatable bonds is 9. The standard InChI is InChI=1S/C27H36O12/c1-34-17-7-13(8-18(35-2)23(17)31)20-15(10-38-27-25(33)22(30)16(29)11-39-27)14(9-28)5-12-6-19(36-3)24(32)26(37-4)21(12)20/h6-8,14-16,20,22,25,27-33H,5,9-11H2,1-4H3/t14-,15-,16+,20+,22?,25-,27+/m1/s1. The molecule has 2 aromatic carbocycles. The van der Waals surface area contributed by atoms with Gasteiger partial charge in [0.25, 0.3) is 0 Å². The molecule has 12 nitrogen and oxygen atoms in total. The van der Waals surface area contributed by atoms with E-state index in [-0.39, 0.29) is 60.2 Å². The lowest BCUT2D eigenvalue weighted by Gasteiger charge is -2.42. The smallest absolute Gasteiger partial charge is 0.201 e. The van der Waals surface area contributed by atoms with Gasteiger partial charge in [-0.05, 0) is 47.6 Å². The number of hydrogen-bond acceptors (Lipinski definition) is 12. The zero-order chi connectivity index (χ0) is 28.4. The van der Waals surface area contributed by atoms with Crippen LogP contribution in [0.2, 0.25) is 0 Å². The van der Waals surface area contributed by atoms with Gasteiger partial charge in [0, 0.05) is 18.1 Å². The number of hydrogen-bond donors (Lipinski definition) is 6. The van der Waals surface area contributed by atoms with Gasteiger partial charge in [-0.1, -0.05) is 0 Å². The fourth-order valence-corrected chi connectivity index (χ4v) is 5.55. The predicted octanol–water partition coefficient (Wildman–Crippen LogP) is 0.500. The normalized spacial score (nSPS) is 28.5. The molecule has 1 fully saturated rings. The summed E-state index contributed by atoms with van der Waals surface area (Å²) in [6.07, 6.45) is -5.04. The van der Waals surface area contributed by atoms with Gasteiger partial charge in [0.2, 0.25) is 11.5 Å². The number of benzene rings is 2. The summed E-state index contributed by atoms with van der Waals surface area (Å²) in [4.78, 5) is 0. The monoisotopic (exact) mass is 552 g/mol. The van der Waals surface area contributed by atoms with E-state index in [4.69, 9.17) is 28.4 Å². The third-order valence-corrected chi connectivity index (χ3v) is 7.60. The van der Waals surface area contributed by atoms with E-state index in [1.54, 1.807) is 18.2 Å². The summed E-state index contributed by atoms with van der Waals surface area (Å²) < 4.78 is 33.2. The van der Waals surface area contributed by atoms with Crippen molar-refractivity contribution >= 4 is 0 Å². The van der Waals surface area contributed by atoms with E-state index in [0.717, 1.165) is 5.56 Å². The number of phenols is 2. The van der Waals surface area contributed by atoms with E-state index >= 15 is 0 Å². The maximum Gasteiger partial charge on any atom is 0.201 e. The van der Waals surface area contributed by atoms with E-state index in [0.29, 0.717) is 17.5 Å². The molecule has 1 aliphatic heterocycles. The molecule has 4 rings (SSSR count). The summed E-state index contributed by atoms with van der Waals surface area (Å²) in [7, 11) is 5.66. The molecule has 0 radical (unpaired) electrons. The molecule has 12 heteroatoms. The lowest BCUT2D eigenvalue weighted by molar-refractivity contribution is -0.274. The SMILES string of the molecule is COc1cc([C@@H]2c3c(cc(OC)c(O)c3OC)C[C@H](CO)[C@H]2CO[C@H]2OC[C@H](O)C(O)[C@H]2O)cc(OC)c1O. The minimum absolute atomic E-state index is 0.0542. The van der Waals surface area contributed by atoms with E-state index < -0.39 is 36.4 Å². The molecule has 216 valence electrons. The first-order valence-corrected chi connectivity index (χ1v) is 12.5. The highest BCUT2D eigenvalue weighted by Crippen LogP contribution is 2.54. The molecule has 7 atom stereocenters. The summed E-state index contributed by atoms with van der Waals surface area (Å²) in [6.45, 7) is -0.504. The van der Waals surface area contributed by atoms with Gasteiger partial charge in [0.05, 0.1) is 41.7 Å². The van der Waals surface area contributed by atoms with Gasteiger partial charge in [-0.3, -0.25) is 0 Å². The number of methoxy groups -OCH3 is 4. The van der Waals surface area contributed by atoms with Crippen LogP contribution in [0.15, 0.2) is 18.2 Å². The third kappa shape index (κ3) is 5.28. The number of aliphatic hydroxyl groups excluding tert-OH is 4. The largest absolute Gasteiger partial charge is 0.502 e. The van der Waals surface area contributed by atoms with E-state index in [2.05, 4.69) is 0 Å². The molecule has 1 saturated heterocycles. The molecule has 1 unspecified atom stereocenters. The van der Waals surface area contributed by atoms with E-state index in [1.807, 2.05) is 0 Å². The van der Waals surface area contributed by atoms with Crippen molar-refractivity contribution < 1.29 is 59.1 Å². The lowest BCUT2D eigenvalue weighted by atomic mass is 9.66. The number of aromatic hydroxyl groups is 2. The molecule has 2 aromatic rings. The van der Waals surface area contributed by atoms with Crippen molar-refractivity contribution in [1.29, 1.82) is 0 Å². The van der Waals surface area contributed by atoms with Crippen LogP contribution in [0.25, 0.3) is 0 Å². The van der Waals surface area contributed by atoms with Crippen LogP contribution in [-0.2, 0) is 15.9 Å². The highest BCUT2D eigenvalue weighted by Gasteiger charge is 2.44. The second-order valence-corrected chi connectivity index (χ2v) is 9.68. The van der Waals surface area contributed by atoms with Crippen molar-refractivity contribution in [2.45, 2.75) is 36.9 Å². The van der Waals surface area contributed by atoms with Crippen LogP contribution in [0.1, 0.15) is 22.6 Å². The Morgan fingerprint density at radius 3 is 2.03 bits per heavy atom. The van der Waals surface area contributed by atoms with Crippen LogP contribution in [0.5, 0.6) is 34.5 Å². The maximum atomic E-state index is 11.0. The Balaban J connectivity index is 1.86. The predicted molar refractivity (Wildman–Crippen MR) is 136 cm³/mol. The second kappa shape index (κ2) is 12.0. The molecular weight excluding hydrogens is 516 g/mol. The van der Waals surface area contributed by atoms with Crippen LogP contribution in [0.3, 0.4) is 0 Å². The average Bonchev–Trinajstić information content (AvgIpc) is 2.94. The molecule has 0 saturated carbocycles. The Hall–Kier alpha value is -3.00. The summed E-state index contributed by atoms with van der Waals surface area (Å²) in [5, 5.41) is 62.3. The molecule has 1 aliphatic carbocycles. The molecule has 0 spiro atoms. The van der Waals surface area contributed by atoms with Gasteiger partial charge >= 0.3 is 0 Å². The third-order valence-electron chi connectivity index (χ3n) is 7.60. The van der Waals surface area contributed by atoms with Crippen molar-refractivity contribution in [3.63, 3.8) is 0 Å². The Bertz CT molecular complexity index is 1130. The number of phenolic OH excluding ortho intramolecular Hbond substituents is 2. The highest BCUT2D eigenvalue weighted by molar-refractivity contribution is 5.64. The lowest BCUT2D eigenvalue weighted by Crippen LogP contribution is -2.54. The van der Waals surface area contributed by atoms with Gasteiger partial charge in [-0.25, -0.2) is 0 Å². The molecule has 1 heterocycles. The van der Waals surface area contributed by atoms with Gasteiger partial charge in [-0.2, -0.15) is 0 Å². The zero-order valence-corrected chi connectivity index (χ0v) is 22.2. The minimum atomic E-state index is -1.49. The topological polar surface area (TPSA) is 177 Å². The second-order valence-electron chi connectivity index (χ2n) is 9.68. The fourth-order valence-electron chi connectivity index (χ4n) is 5.55. The Morgan fingerprint density at radius 1 is 0.846 bits per heavy atom. The number of fused-ring (bicyclic) bond motifs is 1. The van der Waals surface area contributed by atoms with Gasteiger partial charge < -0.3 is 59.1 Å². The van der Waals surface area contributed by atoms with Crippen LogP contribution < -0.4 is 18.9 Å². The Morgan fingerprint density at radius 2 is 1.46 bits per heavy atom. The van der Waals surface area contributed by atoms with Gasteiger partial charge in [-0.15, -0.1) is 0 Å². The van der Waals surface area contributed by atoms with E-state index in [1.165, 1.54) is 28.4 Å². The molecule has 0 bridgehead atoms. The highest BCUT2D eigenvalue weighted by atomic mass is 16.7. The van der Waals surface area contributed by atoms with Crippen molar-refractivity contribution in [1.82, 2.24) is 0 Å². The Kier molecular flexibility index (Phi) is 8.94. The van der Waals surface area contributed by atoms with Gasteiger partial charge in [0.15, 0.2) is 29.3 Å². The average molecular weight is 553 g/mol. The van der Waals surface area contributed by atoms with Crippen molar-refractivity contribution in [2.75, 3.05) is 48.3 Å². The summed E-state index contributed by atoms with van der Waals surface area (Å²) in [5.41, 5.74) is 1.99. The first-order valence-electron chi connectivity index (χ1n) is 12.5. The summed E-state index contributed by atoms with van der Waals surface area (Å²) in [5.74, 6) is -1.16. The summed E-state index contributed by atoms with van der Waals surface area (Å²) >= 11 is 0. The first-order chi connectivity index (χ1) is 18.7. The Labute approximate surface area is 225 Å². The summed E-state index contributed by atoms with van der Waals surface area (Å²) in [6, 6.07) is 4.96. The van der Waals surface area contributed by atoms with Crippen molar-refractivity contribution in [3.8, 4) is 34.5 Å². The quantitative estimate of drug-likeness (QED) is 0.254.